The van der Waals surface area contributed by atoms with Gasteiger partial charge in [-0.2, -0.15) is 0 Å². The number of benzene rings is 1. The van der Waals surface area contributed by atoms with Crippen LogP contribution in [0.1, 0.15) is 12.5 Å². The number of aliphatic hydroxyl groups is 1. The monoisotopic (exact) mass is 243 g/mol. The number of hydrogen-bond donors (Lipinski definition) is 2. The lowest BCUT2D eigenvalue weighted by molar-refractivity contribution is 0.173. The van der Waals surface area contributed by atoms with Gasteiger partial charge in [-0.15, -0.1) is 0 Å². The smallest absolute Gasteiger partial charge is 0.123 e. The van der Waals surface area contributed by atoms with Gasteiger partial charge in [0.2, 0.25) is 0 Å². The van der Waals surface area contributed by atoms with Crippen LogP contribution in [0.2, 0.25) is 5.02 Å². The van der Waals surface area contributed by atoms with Gasteiger partial charge in [0, 0.05) is 29.7 Å². The number of aliphatic hydroxyl groups excluding tert-OH is 1. The molecule has 1 atom stereocenters. The Bertz CT molecular complexity index is 331. The molecule has 0 amide bonds. The molecule has 0 saturated carbocycles. The van der Waals surface area contributed by atoms with E-state index in [9.17, 15) is 0 Å². The van der Waals surface area contributed by atoms with E-state index in [1.807, 2.05) is 26.1 Å². The number of ether oxygens (including phenoxy) is 1. The van der Waals surface area contributed by atoms with E-state index in [1.165, 1.54) is 0 Å². The summed E-state index contributed by atoms with van der Waals surface area (Å²) >= 11 is 5.92. The normalized spacial score (nSPS) is 12.5. The summed E-state index contributed by atoms with van der Waals surface area (Å²) in [4.78, 5) is 0. The van der Waals surface area contributed by atoms with Crippen LogP contribution < -0.4 is 10.1 Å². The number of nitrogens with one attached hydrogen (secondary N) is 1. The second kappa shape index (κ2) is 6.74. The molecule has 2 N–H and O–H groups in total. The number of halogens is 1. The second-order valence-electron chi connectivity index (χ2n) is 3.88. The molecule has 0 spiro atoms. The molecule has 0 fully saturated rings. The Labute approximate surface area is 101 Å². The van der Waals surface area contributed by atoms with Gasteiger partial charge in [-0.05, 0) is 25.2 Å². The highest BCUT2D eigenvalue weighted by Gasteiger charge is 2.06. The molecular weight excluding hydrogens is 226 g/mol. The fourth-order valence-corrected chi connectivity index (χ4v) is 1.50. The number of hydrogen-bond acceptors (Lipinski definition) is 3. The molecule has 0 saturated heterocycles. The summed E-state index contributed by atoms with van der Waals surface area (Å²) in [5, 5.41) is 12.7. The first-order valence-electron chi connectivity index (χ1n) is 5.34. The maximum absolute atomic E-state index is 8.92. The first kappa shape index (κ1) is 13.3. The minimum atomic E-state index is 0.134. The summed E-state index contributed by atoms with van der Waals surface area (Å²) in [6, 6.07) is 5.55. The first-order valence-corrected chi connectivity index (χ1v) is 5.71. The Balaban J connectivity index is 2.70. The van der Waals surface area contributed by atoms with E-state index in [-0.39, 0.29) is 12.5 Å². The van der Waals surface area contributed by atoms with E-state index in [0.29, 0.717) is 18.2 Å². The third-order valence-electron chi connectivity index (χ3n) is 2.22. The highest BCUT2D eigenvalue weighted by Crippen LogP contribution is 2.23. The van der Waals surface area contributed by atoms with Crippen molar-refractivity contribution in [2.45, 2.75) is 13.5 Å². The molecule has 0 radical (unpaired) electrons. The SMILES string of the molecule is CNCc1cc(Cl)ccc1OCC(C)CO. The second-order valence-corrected chi connectivity index (χ2v) is 4.32. The molecule has 90 valence electrons. The summed E-state index contributed by atoms with van der Waals surface area (Å²) in [5.74, 6) is 0.956. The van der Waals surface area contributed by atoms with Crippen LogP contribution in [-0.2, 0) is 6.54 Å². The number of rotatable bonds is 6. The van der Waals surface area contributed by atoms with Crippen molar-refractivity contribution in [1.29, 1.82) is 0 Å². The third-order valence-corrected chi connectivity index (χ3v) is 2.46. The highest BCUT2D eigenvalue weighted by atomic mass is 35.5. The fourth-order valence-electron chi connectivity index (χ4n) is 1.30. The van der Waals surface area contributed by atoms with Crippen LogP contribution in [0, 0.1) is 5.92 Å². The van der Waals surface area contributed by atoms with Crippen LogP contribution in [-0.4, -0.2) is 25.4 Å². The Kier molecular flexibility index (Phi) is 5.60. The van der Waals surface area contributed by atoms with Gasteiger partial charge in [0.1, 0.15) is 5.75 Å². The average molecular weight is 244 g/mol. The lowest BCUT2D eigenvalue weighted by Crippen LogP contribution is -2.14. The van der Waals surface area contributed by atoms with Gasteiger partial charge < -0.3 is 15.2 Å². The molecule has 0 aromatic heterocycles. The minimum Gasteiger partial charge on any atom is -0.493 e. The zero-order chi connectivity index (χ0) is 12.0. The zero-order valence-corrected chi connectivity index (χ0v) is 10.4. The Morgan fingerprint density at radius 1 is 1.50 bits per heavy atom. The molecule has 0 aliphatic carbocycles. The van der Waals surface area contributed by atoms with Crippen LogP contribution in [0.3, 0.4) is 0 Å². The summed E-state index contributed by atoms with van der Waals surface area (Å²) < 4.78 is 5.64. The van der Waals surface area contributed by atoms with E-state index in [1.54, 1.807) is 6.07 Å². The van der Waals surface area contributed by atoms with Crippen molar-refractivity contribution >= 4 is 11.6 Å². The van der Waals surface area contributed by atoms with E-state index < -0.39 is 0 Å². The summed E-state index contributed by atoms with van der Waals surface area (Å²) in [6.07, 6.45) is 0. The topological polar surface area (TPSA) is 41.5 Å². The lowest BCUT2D eigenvalue weighted by atomic mass is 10.2. The van der Waals surface area contributed by atoms with Crippen LogP contribution in [0.4, 0.5) is 0 Å². The van der Waals surface area contributed by atoms with Crippen LogP contribution in [0.25, 0.3) is 0 Å². The van der Waals surface area contributed by atoms with Gasteiger partial charge in [0.25, 0.3) is 0 Å². The Morgan fingerprint density at radius 3 is 2.88 bits per heavy atom. The van der Waals surface area contributed by atoms with Gasteiger partial charge in [0.05, 0.1) is 6.61 Å². The van der Waals surface area contributed by atoms with Crippen molar-refractivity contribution in [3.8, 4) is 5.75 Å². The molecule has 0 aliphatic heterocycles. The maximum atomic E-state index is 8.92. The van der Waals surface area contributed by atoms with Gasteiger partial charge >= 0.3 is 0 Å². The van der Waals surface area contributed by atoms with Gasteiger partial charge in [-0.1, -0.05) is 18.5 Å². The van der Waals surface area contributed by atoms with Gasteiger partial charge in [-0.25, -0.2) is 0 Å². The van der Waals surface area contributed by atoms with Crippen LogP contribution in [0.15, 0.2) is 18.2 Å². The van der Waals surface area contributed by atoms with Crippen molar-refractivity contribution in [1.82, 2.24) is 5.32 Å². The molecule has 16 heavy (non-hydrogen) atoms. The summed E-state index contributed by atoms with van der Waals surface area (Å²) in [7, 11) is 1.88. The summed E-state index contributed by atoms with van der Waals surface area (Å²) in [6.45, 7) is 3.29. The largest absolute Gasteiger partial charge is 0.493 e. The van der Waals surface area contributed by atoms with Crippen molar-refractivity contribution in [3.63, 3.8) is 0 Å². The van der Waals surface area contributed by atoms with E-state index in [0.717, 1.165) is 11.3 Å². The van der Waals surface area contributed by atoms with E-state index in [2.05, 4.69) is 5.32 Å². The average Bonchev–Trinajstić information content (AvgIpc) is 2.28. The van der Waals surface area contributed by atoms with Crippen molar-refractivity contribution in [3.05, 3.63) is 28.8 Å². The third kappa shape index (κ3) is 4.00. The molecule has 1 rings (SSSR count). The standard InChI is InChI=1S/C12H18ClNO2/c1-9(7-15)8-16-12-4-3-11(13)5-10(12)6-14-2/h3-5,9,14-15H,6-8H2,1-2H3. The Morgan fingerprint density at radius 2 is 2.25 bits per heavy atom. The molecular formula is C12H18ClNO2. The van der Waals surface area contributed by atoms with Gasteiger partial charge in [-0.3, -0.25) is 0 Å². The highest BCUT2D eigenvalue weighted by molar-refractivity contribution is 6.30. The summed E-state index contributed by atoms with van der Waals surface area (Å²) in [5.41, 5.74) is 1.03. The van der Waals surface area contributed by atoms with Crippen molar-refractivity contribution in [2.75, 3.05) is 20.3 Å². The van der Waals surface area contributed by atoms with E-state index in [4.69, 9.17) is 21.4 Å². The molecule has 1 unspecified atom stereocenters. The predicted octanol–water partition coefficient (Wildman–Crippen LogP) is 2.07. The minimum absolute atomic E-state index is 0.134. The van der Waals surface area contributed by atoms with Crippen molar-refractivity contribution < 1.29 is 9.84 Å². The van der Waals surface area contributed by atoms with E-state index >= 15 is 0 Å². The van der Waals surface area contributed by atoms with Gasteiger partial charge in [0.15, 0.2) is 0 Å². The molecule has 0 heterocycles. The maximum Gasteiger partial charge on any atom is 0.123 e. The molecule has 0 bridgehead atoms. The predicted molar refractivity (Wildman–Crippen MR) is 66.0 cm³/mol. The quantitative estimate of drug-likeness (QED) is 0.804. The lowest BCUT2D eigenvalue weighted by Gasteiger charge is -2.14. The molecule has 4 heteroatoms. The van der Waals surface area contributed by atoms with Crippen LogP contribution in [0.5, 0.6) is 5.75 Å². The fraction of sp³-hybridized carbons (Fsp3) is 0.500. The van der Waals surface area contributed by atoms with Crippen molar-refractivity contribution in [2.24, 2.45) is 5.92 Å². The molecule has 3 nitrogen and oxygen atoms in total. The zero-order valence-electron chi connectivity index (χ0n) is 9.66. The Hall–Kier alpha value is -0.770. The first-order chi connectivity index (χ1) is 7.67. The molecule has 0 aliphatic rings. The van der Waals surface area contributed by atoms with Crippen LogP contribution >= 0.6 is 11.6 Å². The molecule has 1 aromatic rings. The molecule has 1 aromatic carbocycles.